The average molecular weight is 362 g/mol. The highest BCUT2D eigenvalue weighted by molar-refractivity contribution is 7.88. The van der Waals surface area contributed by atoms with Gasteiger partial charge in [0.15, 0.2) is 0 Å². The Morgan fingerprint density at radius 1 is 0.960 bits per heavy atom. The number of sulfonamides is 1. The van der Waals surface area contributed by atoms with Crippen LogP contribution in [-0.2, 0) is 15.8 Å². The first kappa shape index (κ1) is 17.9. The number of hydrogen-bond donors (Lipinski definition) is 0. The van der Waals surface area contributed by atoms with E-state index in [2.05, 4.69) is 24.0 Å². The zero-order valence-corrected chi connectivity index (χ0v) is 15.2. The highest BCUT2D eigenvalue weighted by atomic mass is 32.2. The Bertz CT molecular complexity index is 822. The van der Waals surface area contributed by atoms with Crippen molar-refractivity contribution >= 4 is 15.7 Å². The van der Waals surface area contributed by atoms with Crippen molar-refractivity contribution in [3.63, 3.8) is 0 Å². The van der Waals surface area contributed by atoms with Crippen molar-refractivity contribution in [2.24, 2.45) is 0 Å². The van der Waals surface area contributed by atoms with Gasteiger partial charge in [0.05, 0.1) is 5.75 Å². The van der Waals surface area contributed by atoms with Gasteiger partial charge in [0.25, 0.3) is 0 Å². The molecule has 0 unspecified atom stereocenters. The third-order valence-corrected chi connectivity index (χ3v) is 6.42. The molecule has 134 valence electrons. The van der Waals surface area contributed by atoms with E-state index in [9.17, 15) is 12.8 Å². The molecule has 1 fully saturated rings. The molecular weight excluding hydrogens is 339 g/mol. The number of aryl methyl sites for hydroxylation is 1. The number of hydrogen-bond acceptors (Lipinski definition) is 3. The molecule has 3 rings (SSSR count). The molecule has 6 heteroatoms. The van der Waals surface area contributed by atoms with E-state index >= 15 is 0 Å². The zero-order chi connectivity index (χ0) is 17.9. The van der Waals surface area contributed by atoms with Gasteiger partial charge in [0.1, 0.15) is 5.82 Å². The minimum absolute atomic E-state index is 0.0857. The monoisotopic (exact) mass is 362 g/mol. The van der Waals surface area contributed by atoms with E-state index in [1.165, 1.54) is 35.5 Å². The fourth-order valence-corrected chi connectivity index (χ4v) is 4.78. The first-order chi connectivity index (χ1) is 12.0. The maximum atomic E-state index is 13.0. The Kier molecular flexibility index (Phi) is 5.39. The number of halogens is 1. The van der Waals surface area contributed by atoms with Gasteiger partial charge in [-0.1, -0.05) is 30.3 Å². The van der Waals surface area contributed by atoms with E-state index in [0.29, 0.717) is 25.2 Å². The Morgan fingerprint density at radius 2 is 1.68 bits per heavy atom. The molecule has 0 bridgehead atoms. The van der Waals surface area contributed by atoms with Gasteiger partial charge in [-0.25, -0.2) is 12.8 Å². The second-order valence-corrected chi connectivity index (χ2v) is 8.38. The highest BCUT2D eigenvalue weighted by Crippen LogP contribution is 2.22. The van der Waals surface area contributed by atoms with Crippen molar-refractivity contribution in [1.82, 2.24) is 4.31 Å². The smallest absolute Gasteiger partial charge is 0.218 e. The molecule has 1 saturated heterocycles. The molecule has 0 atom stereocenters. The lowest BCUT2D eigenvalue weighted by Gasteiger charge is -2.25. The maximum Gasteiger partial charge on any atom is 0.218 e. The summed E-state index contributed by atoms with van der Waals surface area (Å²) in [7, 11) is -3.40. The van der Waals surface area contributed by atoms with Crippen molar-refractivity contribution in [1.29, 1.82) is 0 Å². The summed E-state index contributed by atoms with van der Waals surface area (Å²) in [6, 6.07) is 13.8. The summed E-state index contributed by atoms with van der Waals surface area (Å²) < 4.78 is 40.0. The Hall–Kier alpha value is -1.92. The second kappa shape index (κ2) is 7.54. The molecule has 1 aliphatic heterocycles. The summed E-state index contributed by atoms with van der Waals surface area (Å²) in [5.74, 6) is -0.442. The van der Waals surface area contributed by atoms with E-state index < -0.39 is 10.0 Å². The van der Waals surface area contributed by atoms with Crippen LogP contribution < -0.4 is 4.90 Å². The summed E-state index contributed by atoms with van der Waals surface area (Å²) in [6.07, 6.45) is 0.789. The fourth-order valence-electron chi connectivity index (χ4n) is 3.21. The van der Waals surface area contributed by atoms with Crippen LogP contribution in [0.3, 0.4) is 0 Å². The van der Waals surface area contributed by atoms with Gasteiger partial charge in [-0.3, -0.25) is 0 Å². The minimum Gasteiger partial charge on any atom is -0.370 e. The predicted octanol–water partition coefficient (Wildman–Crippen LogP) is 3.18. The molecule has 0 amide bonds. The molecular formula is C19H23FN2O2S. The predicted molar refractivity (Wildman–Crippen MR) is 98.6 cm³/mol. The topological polar surface area (TPSA) is 40.6 Å². The molecule has 0 aromatic heterocycles. The van der Waals surface area contributed by atoms with Gasteiger partial charge >= 0.3 is 0 Å². The quantitative estimate of drug-likeness (QED) is 0.839. The van der Waals surface area contributed by atoms with Crippen LogP contribution in [0.2, 0.25) is 0 Å². The van der Waals surface area contributed by atoms with Crippen molar-refractivity contribution < 1.29 is 12.8 Å². The molecule has 1 heterocycles. The van der Waals surface area contributed by atoms with Gasteiger partial charge in [-0.2, -0.15) is 4.31 Å². The minimum atomic E-state index is -3.40. The van der Waals surface area contributed by atoms with Gasteiger partial charge in [0.2, 0.25) is 10.0 Å². The van der Waals surface area contributed by atoms with E-state index in [0.717, 1.165) is 13.0 Å². The first-order valence-corrected chi connectivity index (χ1v) is 10.1. The van der Waals surface area contributed by atoms with E-state index in [1.807, 2.05) is 12.1 Å². The van der Waals surface area contributed by atoms with Crippen LogP contribution >= 0.6 is 0 Å². The van der Waals surface area contributed by atoms with Crippen LogP contribution in [0.25, 0.3) is 0 Å². The number of rotatable bonds is 4. The molecule has 0 N–H and O–H groups in total. The summed E-state index contributed by atoms with van der Waals surface area (Å²) in [4.78, 5) is 2.25. The Labute approximate surface area is 148 Å². The molecule has 0 aliphatic carbocycles. The normalized spacial score (nSPS) is 16.6. The summed E-state index contributed by atoms with van der Waals surface area (Å²) in [5.41, 5.74) is 2.98. The van der Waals surface area contributed by atoms with Gasteiger partial charge < -0.3 is 4.90 Å². The second-order valence-electron chi connectivity index (χ2n) is 6.41. The van der Waals surface area contributed by atoms with Crippen LogP contribution in [0.15, 0.2) is 48.5 Å². The molecule has 0 spiro atoms. The standard InChI is InChI=1S/C19H23FN2O2S/c1-16-5-2-3-6-19(16)21-11-4-12-22(14-13-21)25(23,24)15-17-7-9-18(20)10-8-17/h2-3,5-10H,4,11-15H2,1H3. The SMILES string of the molecule is Cc1ccccc1N1CCCN(S(=O)(=O)Cc2ccc(F)cc2)CC1. The van der Waals surface area contributed by atoms with Gasteiger partial charge in [-0.05, 0) is 42.7 Å². The lowest BCUT2D eigenvalue weighted by Crippen LogP contribution is -2.36. The summed E-state index contributed by atoms with van der Waals surface area (Å²) in [6.45, 7) is 4.58. The van der Waals surface area contributed by atoms with E-state index in [4.69, 9.17) is 0 Å². The number of benzene rings is 2. The number of nitrogens with zero attached hydrogens (tertiary/aromatic N) is 2. The number of para-hydroxylation sites is 1. The van der Waals surface area contributed by atoms with Crippen LogP contribution in [0.1, 0.15) is 17.5 Å². The molecule has 4 nitrogen and oxygen atoms in total. The van der Waals surface area contributed by atoms with E-state index in [-0.39, 0.29) is 11.6 Å². The maximum absolute atomic E-state index is 13.0. The summed E-state index contributed by atoms with van der Waals surface area (Å²) >= 11 is 0. The van der Waals surface area contributed by atoms with E-state index in [1.54, 1.807) is 4.31 Å². The highest BCUT2D eigenvalue weighted by Gasteiger charge is 2.25. The molecule has 2 aromatic carbocycles. The number of anilines is 1. The molecule has 1 aliphatic rings. The summed E-state index contributed by atoms with van der Waals surface area (Å²) in [5, 5.41) is 0. The largest absolute Gasteiger partial charge is 0.370 e. The Balaban J connectivity index is 1.69. The molecule has 0 radical (unpaired) electrons. The third-order valence-electron chi connectivity index (χ3n) is 4.57. The average Bonchev–Trinajstić information content (AvgIpc) is 2.84. The van der Waals surface area contributed by atoms with Gasteiger partial charge in [0, 0.05) is 31.9 Å². The van der Waals surface area contributed by atoms with Crippen LogP contribution in [0, 0.1) is 12.7 Å². The van der Waals surface area contributed by atoms with Gasteiger partial charge in [-0.15, -0.1) is 0 Å². The lowest BCUT2D eigenvalue weighted by molar-refractivity contribution is 0.432. The zero-order valence-electron chi connectivity index (χ0n) is 14.4. The fraction of sp³-hybridized carbons (Fsp3) is 0.368. The van der Waals surface area contributed by atoms with Crippen molar-refractivity contribution in [3.05, 3.63) is 65.5 Å². The molecule has 0 saturated carbocycles. The van der Waals surface area contributed by atoms with Crippen LogP contribution in [0.5, 0.6) is 0 Å². The van der Waals surface area contributed by atoms with Crippen LogP contribution in [0.4, 0.5) is 10.1 Å². The molecule has 2 aromatic rings. The lowest BCUT2D eigenvalue weighted by atomic mass is 10.2. The first-order valence-electron chi connectivity index (χ1n) is 8.48. The van der Waals surface area contributed by atoms with Crippen LogP contribution in [-0.4, -0.2) is 38.9 Å². The Morgan fingerprint density at radius 3 is 2.40 bits per heavy atom. The third kappa shape index (κ3) is 4.38. The van der Waals surface area contributed by atoms with Crippen molar-refractivity contribution in [2.45, 2.75) is 19.1 Å². The van der Waals surface area contributed by atoms with Crippen molar-refractivity contribution in [2.75, 3.05) is 31.1 Å². The molecule has 25 heavy (non-hydrogen) atoms. The van der Waals surface area contributed by atoms with Crippen molar-refractivity contribution in [3.8, 4) is 0 Å².